The summed E-state index contributed by atoms with van der Waals surface area (Å²) >= 11 is 1.75. The zero-order valence-electron chi connectivity index (χ0n) is 16.1. The van der Waals surface area contributed by atoms with E-state index in [1.54, 1.807) is 17.6 Å². The van der Waals surface area contributed by atoms with Gasteiger partial charge < -0.3 is 15.1 Å². The zero-order valence-corrected chi connectivity index (χ0v) is 19.3. The molecule has 2 aromatic heterocycles. The number of aliphatic imine (C=N–C) groups is 1. The summed E-state index contributed by atoms with van der Waals surface area (Å²) in [4.78, 5) is 12.5. The normalized spacial score (nSPS) is 16.6. The van der Waals surface area contributed by atoms with Crippen molar-refractivity contribution in [3.8, 4) is 0 Å². The highest BCUT2D eigenvalue weighted by atomic mass is 127. The van der Waals surface area contributed by atoms with E-state index in [4.69, 9.17) is 4.42 Å². The number of piperidine rings is 1. The Bertz CT molecular complexity index is 682. The van der Waals surface area contributed by atoms with Crippen LogP contribution in [0.15, 0.2) is 34.0 Å². The predicted molar refractivity (Wildman–Crippen MR) is 122 cm³/mol. The Kier molecular flexibility index (Phi) is 9.57. The van der Waals surface area contributed by atoms with Gasteiger partial charge in [-0.15, -0.1) is 35.3 Å². The third-order valence-corrected chi connectivity index (χ3v) is 5.66. The third kappa shape index (κ3) is 6.76. The van der Waals surface area contributed by atoms with Crippen LogP contribution in [0.5, 0.6) is 0 Å². The average molecular weight is 503 g/mol. The van der Waals surface area contributed by atoms with E-state index in [1.807, 2.05) is 19.3 Å². The van der Waals surface area contributed by atoms with E-state index in [0.717, 1.165) is 49.3 Å². The standard InChI is InChI=1S/C19H29N5OS.HI/c1-15-13-22-18(26-15)8-9-21-19(20-2)23-14-16(17-7-6-12-25-17)24-10-4-3-5-11-24;/h6-7,12-13,16H,3-5,8-11,14H2,1-2H3,(H2,20,21,23);1H. The summed E-state index contributed by atoms with van der Waals surface area (Å²) in [5.41, 5.74) is 0. The largest absolute Gasteiger partial charge is 0.468 e. The van der Waals surface area contributed by atoms with Gasteiger partial charge in [-0.25, -0.2) is 4.98 Å². The van der Waals surface area contributed by atoms with Crippen molar-refractivity contribution in [3.05, 3.63) is 40.2 Å². The van der Waals surface area contributed by atoms with Gasteiger partial charge >= 0.3 is 0 Å². The van der Waals surface area contributed by atoms with Crippen LogP contribution in [0.1, 0.15) is 40.9 Å². The van der Waals surface area contributed by atoms with E-state index in [-0.39, 0.29) is 30.0 Å². The van der Waals surface area contributed by atoms with Crippen molar-refractivity contribution in [3.63, 3.8) is 0 Å². The molecule has 0 spiro atoms. The van der Waals surface area contributed by atoms with Crippen LogP contribution in [0.25, 0.3) is 0 Å². The first-order valence-corrected chi connectivity index (χ1v) is 10.2. The van der Waals surface area contributed by atoms with E-state index in [0.29, 0.717) is 0 Å². The second-order valence-corrected chi connectivity index (χ2v) is 7.94. The number of rotatable bonds is 7. The smallest absolute Gasteiger partial charge is 0.191 e. The molecule has 8 heteroatoms. The molecule has 2 N–H and O–H groups in total. The molecule has 3 heterocycles. The molecule has 3 rings (SSSR count). The molecule has 0 aromatic carbocycles. The van der Waals surface area contributed by atoms with E-state index in [1.165, 1.54) is 24.1 Å². The molecule has 1 aliphatic rings. The summed E-state index contributed by atoms with van der Waals surface area (Å²) in [5, 5.41) is 8.01. The molecule has 2 aromatic rings. The number of nitrogens with one attached hydrogen (secondary N) is 2. The minimum atomic E-state index is 0. The fraction of sp³-hybridized carbons (Fsp3) is 0.579. The van der Waals surface area contributed by atoms with Gasteiger partial charge in [0.2, 0.25) is 0 Å². The van der Waals surface area contributed by atoms with E-state index < -0.39 is 0 Å². The molecule has 1 fully saturated rings. The lowest BCUT2D eigenvalue weighted by molar-refractivity contribution is 0.146. The molecule has 27 heavy (non-hydrogen) atoms. The van der Waals surface area contributed by atoms with Gasteiger partial charge in [0.05, 0.1) is 17.3 Å². The van der Waals surface area contributed by atoms with Gasteiger partial charge in [0, 0.05) is 37.6 Å². The van der Waals surface area contributed by atoms with Crippen LogP contribution in [0.2, 0.25) is 0 Å². The maximum absolute atomic E-state index is 5.71. The third-order valence-electron chi connectivity index (χ3n) is 4.69. The lowest BCUT2D eigenvalue weighted by Crippen LogP contribution is -2.44. The monoisotopic (exact) mass is 503 g/mol. The average Bonchev–Trinajstić information content (AvgIpc) is 3.33. The van der Waals surface area contributed by atoms with Crippen molar-refractivity contribution < 1.29 is 4.42 Å². The summed E-state index contributed by atoms with van der Waals surface area (Å²) in [7, 11) is 1.81. The summed E-state index contributed by atoms with van der Waals surface area (Å²) in [6.45, 7) is 5.95. The molecule has 1 saturated heterocycles. The molecule has 1 aliphatic heterocycles. The van der Waals surface area contributed by atoms with E-state index in [9.17, 15) is 0 Å². The van der Waals surface area contributed by atoms with Crippen LogP contribution < -0.4 is 10.6 Å². The van der Waals surface area contributed by atoms with Crippen LogP contribution in [0, 0.1) is 6.92 Å². The van der Waals surface area contributed by atoms with Gasteiger partial charge in [0.25, 0.3) is 0 Å². The number of nitrogens with zero attached hydrogens (tertiary/aromatic N) is 3. The zero-order chi connectivity index (χ0) is 18.2. The van der Waals surface area contributed by atoms with Crippen LogP contribution in [-0.4, -0.2) is 49.1 Å². The predicted octanol–water partition coefficient (Wildman–Crippen LogP) is 3.60. The summed E-state index contributed by atoms with van der Waals surface area (Å²) in [5.74, 6) is 1.85. The van der Waals surface area contributed by atoms with E-state index in [2.05, 4.69) is 38.5 Å². The minimum absolute atomic E-state index is 0. The molecule has 1 atom stereocenters. The van der Waals surface area contributed by atoms with Gasteiger partial charge in [0.1, 0.15) is 5.76 Å². The molecule has 0 amide bonds. The van der Waals surface area contributed by atoms with Crippen LogP contribution in [-0.2, 0) is 6.42 Å². The van der Waals surface area contributed by atoms with Gasteiger partial charge in [-0.05, 0) is 45.0 Å². The van der Waals surface area contributed by atoms with Crippen LogP contribution >= 0.6 is 35.3 Å². The Hall–Kier alpha value is -1.13. The number of hydrogen-bond donors (Lipinski definition) is 2. The molecule has 150 valence electrons. The maximum atomic E-state index is 5.71. The molecular weight excluding hydrogens is 473 g/mol. The Morgan fingerprint density at radius 2 is 2.15 bits per heavy atom. The number of guanidine groups is 1. The second kappa shape index (κ2) is 11.7. The SMILES string of the molecule is CN=C(NCCc1ncc(C)s1)NCC(c1ccco1)N1CCCCC1.I. The van der Waals surface area contributed by atoms with Gasteiger partial charge in [-0.1, -0.05) is 6.42 Å². The number of aromatic nitrogens is 1. The Balaban J connectivity index is 0.00000261. The summed E-state index contributed by atoms with van der Waals surface area (Å²) in [6.07, 6.45) is 8.45. The molecule has 0 bridgehead atoms. The van der Waals surface area contributed by atoms with Gasteiger partial charge in [0.15, 0.2) is 5.96 Å². The number of halogens is 1. The fourth-order valence-electron chi connectivity index (χ4n) is 3.34. The van der Waals surface area contributed by atoms with Crippen molar-refractivity contribution in [2.75, 3.05) is 33.2 Å². The first-order chi connectivity index (χ1) is 12.8. The lowest BCUT2D eigenvalue weighted by Gasteiger charge is -2.33. The quantitative estimate of drug-likeness (QED) is 0.344. The first kappa shape index (κ1) is 22.2. The van der Waals surface area contributed by atoms with E-state index >= 15 is 0 Å². The van der Waals surface area contributed by atoms with Crippen molar-refractivity contribution in [1.29, 1.82) is 0 Å². The number of hydrogen-bond acceptors (Lipinski definition) is 5. The molecule has 0 radical (unpaired) electrons. The summed E-state index contributed by atoms with van der Waals surface area (Å²) in [6, 6.07) is 4.28. The fourth-order valence-corrected chi connectivity index (χ4v) is 4.13. The topological polar surface area (TPSA) is 65.7 Å². The molecule has 1 unspecified atom stereocenters. The van der Waals surface area contributed by atoms with Gasteiger partial charge in [-0.2, -0.15) is 0 Å². The molecule has 6 nitrogen and oxygen atoms in total. The number of thiazole rings is 1. The Labute approximate surface area is 182 Å². The number of furan rings is 1. The molecule has 0 aliphatic carbocycles. The lowest BCUT2D eigenvalue weighted by atomic mass is 10.1. The van der Waals surface area contributed by atoms with Crippen molar-refractivity contribution >= 4 is 41.3 Å². The summed E-state index contributed by atoms with van der Waals surface area (Å²) < 4.78 is 5.71. The molecular formula is C19H30IN5OS. The second-order valence-electron chi connectivity index (χ2n) is 6.62. The van der Waals surface area contributed by atoms with Gasteiger partial charge in [-0.3, -0.25) is 9.89 Å². The first-order valence-electron chi connectivity index (χ1n) is 9.39. The van der Waals surface area contributed by atoms with Crippen molar-refractivity contribution in [2.24, 2.45) is 4.99 Å². The maximum Gasteiger partial charge on any atom is 0.191 e. The Morgan fingerprint density at radius 1 is 1.33 bits per heavy atom. The number of likely N-dealkylation sites (tertiary alicyclic amines) is 1. The highest BCUT2D eigenvalue weighted by Crippen LogP contribution is 2.24. The van der Waals surface area contributed by atoms with Crippen LogP contribution in [0.3, 0.4) is 0 Å². The Morgan fingerprint density at radius 3 is 2.78 bits per heavy atom. The number of aryl methyl sites for hydroxylation is 1. The van der Waals surface area contributed by atoms with Crippen molar-refractivity contribution in [2.45, 2.75) is 38.6 Å². The highest BCUT2D eigenvalue weighted by Gasteiger charge is 2.24. The molecule has 0 saturated carbocycles. The van der Waals surface area contributed by atoms with Crippen molar-refractivity contribution in [1.82, 2.24) is 20.5 Å². The minimum Gasteiger partial charge on any atom is -0.468 e. The van der Waals surface area contributed by atoms with Crippen LogP contribution in [0.4, 0.5) is 0 Å². The highest BCUT2D eigenvalue weighted by molar-refractivity contribution is 14.0.